The SMILES string of the molecule is CC(C)(O)OC1CC2OC(C)(C)OC2C(O)C1O. The third kappa shape index (κ3) is 2.84. The molecule has 0 spiro atoms. The lowest BCUT2D eigenvalue weighted by atomic mass is 9.87. The van der Waals surface area contributed by atoms with E-state index in [0.29, 0.717) is 6.42 Å². The van der Waals surface area contributed by atoms with E-state index in [2.05, 4.69) is 0 Å². The first kappa shape index (κ1) is 14.2. The van der Waals surface area contributed by atoms with Gasteiger partial charge in [0.15, 0.2) is 11.6 Å². The molecule has 0 radical (unpaired) electrons. The van der Waals surface area contributed by atoms with E-state index in [1.54, 1.807) is 13.8 Å². The number of fused-ring (bicyclic) bond motifs is 1. The highest BCUT2D eigenvalue weighted by atomic mass is 16.8. The third-order valence-corrected chi connectivity index (χ3v) is 3.19. The van der Waals surface area contributed by atoms with Crippen LogP contribution in [0.2, 0.25) is 0 Å². The van der Waals surface area contributed by atoms with E-state index >= 15 is 0 Å². The normalized spacial score (nSPS) is 43.8. The number of hydrogen-bond donors (Lipinski definition) is 3. The van der Waals surface area contributed by atoms with Gasteiger partial charge < -0.3 is 29.5 Å². The fourth-order valence-electron chi connectivity index (χ4n) is 2.61. The fourth-order valence-corrected chi connectivity index (χ4v) is 2.61. The van der Waals surface area contributed by atoms with Crippen molar-refractivity contribution in [3.05, 3.63) is 0 Å². The lowest BCUT2D eigenvalue weighted by Crippen LogP contribution is -2.57. The molecule has 1 aliphatic carbocycles. The molecule has 0 bridgehead atoms. The average molecular weight is 262 g/mol. The Hall–Kier alpha value is -0.240. The molecule has 5 unspecified atom stereocenters. The third-order valence-electron chi connectivity index (χ3n) is 3.19. The topological polar surface area (TPSA) is 88.4 Å². The quantitative estimate of drug-likeness (QED) is 0.595. The zero-order valence-corrected chi connectivity index (χ0v) is 11.2. The molecule has 6 nitrogen and oxygen atoms in total. The van der Waals surface area contributed by atoms with E-state index in [1.807, 2.05) is 0 Å². The summed E-state index contributed by atoms with van der Waals surface area (Å²) < 4.78 is 16.6. The number of ether oxygens (including phenoxy) is 3. The maximum atomic E-state index is 10.0. The van der Waals surface area contributed by atoms with Crippen LogP contribution in [0.3, 0.4) is 0 Å². The predicted molar refractivity (Wildman–Crippen MR) is 61.6 cm³/mol. The molecular weight excluding hydrogens is 240 g/mol. The summed E-state index contributed by atoms with van der Waals surface area (Å²) in [7, 11) is 0. The molecule has 0 amide bonds. The molecule has 5 atom stereocenters. The van der Waals surface area contributed by atoms with Crippen LogP contribution < -0.4 is 0 Å². The van der Waals surface area contributed by atoms with E-state index < -0.39 is 36.0 Å². The summed E-state index contributed by atoms with van der Waals surface area (Å²) in [5, 5.41) is 29.7. The van der Waals surface area contributed by atoms with E-state index in [4.69, 9.17) is 14.2 Å². The second-order valence-electron chi connectivity index (χ2n) is 5.96. The molecule has 106 valence electrons. The van der Waals surface area contributed by atoms with Crippen LogP contribution in [0.5, 0.6) is 0 Å². The number of aliphatic hydroxyl groups is 3. The summed E-state index contributed by atoms with van der Waals surface area (Å²) in [6.45, 7) is 6.48. The van der Waals surface area contributed by atoms with Crippen molar-refractivity contribution < 1.29 is 29.5 Å². The molecule has 2 rings (SSSR count). The van der Waals surface area contributed by atoms with Gasteiger partial charge in [0, 0.05) is 6.42 Å². The molecule has 2 aliphatic rings. The van der Waals surface area contributed by atoms with Gasteiger partial charge in [-0.05, 0) is 27.7 Å². The minimum atomic E-state index is -1.37. The van der Waals surface area contributed by atoms with Gasteiger partial charge >= 0.3 is 0 Å². The Bertz CT molecular complexity index is 310. The van der Waals surface area contributed by atoms with Crippen molar-refractivity contribution in [1.82, 2.24) is 0 Å². The number of aliphatic hydroxyl groups excluding tert-OH is 2. The second kappa shape index (κ2) is 4.40. The summed E-state index contributed by atoms with van der Waals surface area (Å²) in [6.07, 6.45) is -3.40. The maximum Gasteiger partial charge on any atom is 0.163 e. The maximum absolute atomic E-state index is 10.0. The van der Waals surface area contributed by atoms with Gasteiger partial charge in [-0.1, -0.05) is 0 Å². The van der Waals surface area contributed by atoms with Crippen molar-refractivity contribution in [2.45, 2.75) is 76.2 Å². The smallest absolute Gasteiger partial charge is 0.163 e. The van der Waals surface area contributed by atoms with E-state index in [9.17, 15) is 15.3 Å². The molecule has 2 fully saturated rings. The van der Waals surface area contributed by atoms with E-state index in [1.165, 1.54) is 13.8 Å². The first-order chi connectivity index (χ1) is 8.09. The van der Waals surface area contributed by atoms with Crippen molar-refractivity contribution in [3.63, 3.8) is 0 Å². The summed E-state index contributed by atoms with van der Waals surface area (Å²) in [6, 6.07) is 0. The van der Waals surface area contributed by atoms with Crippen LogP contribution in [0.1, 0.15) is 34.1 Å². The molecule has 3 N–H and O–H groups in total. The Morgan fingerprint density at radius 2 is 1.78 bits per heavy atom. The fraction of sp³-hybridized carbons (Fsp3) is 1.00. The Kier molecular flexibility index (Phi) is 3.46. The van der Waals surface area contributed by atoms with Gasteiger partial charge in [-0.3, -0.25) is 0 Å². The minimum absolute atomic E-state index is 0.342. The highest BCUT2D eigenvalue weighted by Gasteiger charge is 2.53. The van der Waals surface area contributed by atoms with Crippen molar-refractivity contribution in [3.8, 4) is 0 Å². The Labute approximate surface area is 106 Å². The van der Waals surface area contributed by atoms with Crippen molar-refractivity contribution >= 4 is 0 Å². The monoisotopic (exact) mass is 262 g/mol. The molecule has 0 aromatic carbocycles. The zero-order chi connectivity index (χ0) is 13.7. The largest absolute Gasteiger partial charge is 0.388 e. The lowest BCUT2D eigenvalue weighted by molar-refractivity contribution is -0.255. The highest BCUT2D eigenvalue weighted by Crippen LogP contribution is 2.38. The van der Waals surface area contributed by atoms with Gasteiger partial charge in [-0.2, -0.15) is 0 Å². The van der Waals surface area contributed by atoms with Gasteiger partial charge in [0.05, 0.1) is 12.2 Å². The number of rotatable bonds is 2. The van der Waals surface area contributed by atoms with Gasteiger partial charge in [-0.25, -0.2) is 0 Å². The summed E-state index contributed by atoms with van der Waals surface area (Å²) in [5.74, 6) is -2.15. The number of hydrogen-bond acceptors (Lipinski definition) is 6. The first-order valence-corrected chi connectivity index (χ1v) is 6.21. The van der Waals surface area contributed by atoms with Crippen LogP contribution in [0.15, 0.2) is 0 Å². The van der Waals surface area contributed by atoms with Gasteiger partial charge in [0.1, 0.15) is 18.3 Å². The predicted octanol–water partition coefficient (Wildman–Crippen LogP) is -0.254. The van der Waals surface area contributed by atoms with Crippen LogP contribution in [0.4, 0.5) is 0 Å². The van der Waals surface area contributed by atoms with Crippen molar-refractivity contribution in [2.75, 3.05) is 0 Å². The summed E-state index contributed by atoms with van der Waals surface area (Å²) in [5.41, 5.74) is 0. The van der Waals surface area contributed by atoms with Crippen LogP contribution in [0, 0.1) is 0 Å². The van der Waals surface area contributed by atoms with E-state index in [-0.39, 0.29) is 6.10 Å². The van der Waals surface area contributed by atoms with Crippen molar-refractivity contribution in [1.29, 1.82) is 0 Å². The van der Waals surface area contributed by atoms with Gasteiger partial charge in [0.25, 0.3) is 0 Å². The van der Waals surface area contributed by atoms with Crippen LogP contribution in [-0.4, -0.2) is 57.4 Å². The first-order valence-electron chi connectivity index (χ1n) is 6.21. The van der Waals surface area contributed by atoms with Crippen LogP contribution in [-0.2, 0) is 14.2 Å². The molecular formula is C12H22O6. The molecule has 1 saturated heterocycles. The van der Waals surface area contributed by atoms with Gasteiger partial charge in [0.2, 0.25) is 0 Å². The summed E-state index contributed by atoms with van der Waals surface area (Å²) >= 11 is 0. The van der Waals surface area contributed by atoms with E-state index in [0.717, 1.165) is 0 Å². The standard InChI is InChI=1S/C12H22O6/c1-11(2,15)16-6-5-7-10(9(14)8(6)13)18-12(3,4)17-7/h6-10,13-15H,5H2,1-4H3. The van der Waals surface area contributed by atoms with Crippen LogP contribution in [0.25, 0.3) is 0 Å². The molecule has 0 aromatic rings. The molecule has 1 aliphatic heterocycles. The molecule has 6 heteroatoms. The zero-order valence-electron chi connectivity index (χ0n) is 11.2. The molecule has 1 heterocycles. The average Bonchev–Trinajstić information content (AvgIpc) is 2.47. The Balaban J connectivity index is 2.10. The molecule has 18 heavy (non-hydrogen) atoms. The second-order valence-corrected chi connectivity index (χ2v) is 5.96. The highest BCUT2D eigenvalue weighted by molar-refractivity contribution is 4.99. The minimum Gasteiger partial charge on any atom is -0.388 e. The Morgan fingerprint density at radius 1 is 1.17 bits per heavy atom. The molecule has 0 aromatic heterocycles. The van der Waals surface area contributed by atoms with Gasteiger partial charge in [-0.15, -0.1) is 0 Å². The van der Waals surface area contributed by atoms with Crippen molar-refractivity contribution in [2.24, 2.45) is 0 Å². The van der Waals surface area contributed by atoms with Crippen LogP contribution >= 0.6 is 0 Å². The Morgan fingerprint density at radius 3 is 2.33 bits per heavy atom. The molecule has 1 saturated carbocycles. The lowest BCUT2D eigenvalue weighted by Gasteiger charge is -2.39. The summed E-state index contributed by atoms with van der Waals surface area (Å²) in [4.78, 5) is 0.